The summed E-state index contributed by atoms with van der Waals surface area (Å²) in [6.45, 7) is 0. The Bertz CT molecular complexity index is 1060. The monoisotopic (exact) mass is 425 g/mol. The summed E-state index contributed by atoms with van der Waals surface area (Å²) in [5.41, 5.74) is 1.02. The molecular weight excluding hydrogens is 405 g/mol. The molecule has 0 aliphatic rings. The first-order chi connectivity index (χ1) is 15.0. The van der Waals surface area contributed by atoms with Gasteiger partial charge in [0.15, 0.2) is 23.1 Å². The molecule has 0 spiro atoms. The first kappa shape index (κ1) is 21.6. The van der Waals surface area contributed by atoms with Crippen molar-refractivity contribution in [2.24, 2.45) is 0 Å². The first-order valence-electron chi connectivity index (χ1n) is 9.07. The second-order valence-corrected chi connectivity index (χ2v) is 6.07. The molecule has 1 N–H and O–H groups in total. The molecule has 0 aliphatic heterocycles. The number of ether oxygens (including phenoxy) is 4. The molecule has 160 valence electrons. The van der Waals surface area contributed by atoms with Gasteiger partial charge in [-0.2, -0.15) is 0 Å². The topological polar surface area (TPSA) is 91.8 Å². The number of rotatable bonds is 8. The van der Waals surface area contributed by atoms with E-state index in [1.165, 1.54) is 51.9 Å². The number of benzene rings is 2. The van der Waals surface area contributed by atoms with Gasteiger partial charge in [-0.3, -0.25) is 4.79 Å². The van der Waals surface area contributed by atoms with E-state index in [-0.39, 0.29) is 11.8 Å². The quantitative estimate of drug-likeness (QED) is 0.544. The highest BCUT2D eigenvalue weighted by Crippen LogP contribution is 2.38. The minimum Gasteiger partial charge on any atom is -0.493 e. The second-order valence-electron chi connectivity index (χ2n) is 6.07. The summed E-state index contributed by atoms with van der Waals surface area (Å²) in [4.78, 5) is 20.1. The van der Waals surface area contributed by atoms with Gasteiger partial charge in [0, 0.05) is 6.08 Å². The number of aromatic nitrogens is 2. The number of methoxy groups -OCH3 is 3. The molecule has 3 aromatic rings. The maximum atomic E-state index is 13.6. The van der Waals surface area contributed by atoms with Crippen LogP contribution in [0, 0.1) is 5.82 Å². The first-order valence-corrected chi connectivity index (χ1v) is 9.07. The summed E-state index contributed by atoms with van der Waals surface area (Å²) in [6.07, 6.45) is 5.64. The van der Waals surface area contributed by atoms with Gasteiger partial charge in [-0.1, -0.05) is 12.1 Å². The minimum atomic E-state index is -0.527. The van der Waals surface area contributed by atoms with E-state index in [1.807, 2.05) is 0 Å². The molecule has 0 saturated carbocycles. The summed E-state index contributed by atoms with van der Waals surface area (Å²) >= 11 is 0. The van der Waals surface area contributed by atoms with Gasteiger partial charge in [0.25, 0.3) is 0 Å². The average molecular weight is 425 g/mol. The van der Waals surface area contributed by atoms with E-state index in [1.54, 1.807) is 30.3 Å². The predicted molar refractivity (Wildman–Crippen MR) is 112 cm³/mol. The van der Waals surface area contributed by atoms with E-state index in [0.29, 0.717) is 28.5 Å². The molecule has 1 amide bonds. The number of carbonyl (C=O) groups is 1. The van der Waals surface area contributed by atoms with Crippen LogP contribution in [0.15, 0.2) is 54.9 Å². The summed E-state index contributed by atoms with van der Waals surface area (Å²) < 4.78 is 34.8. The third-order valence-electron chi connectivity index (χ3n) is 4.05. The van der Waals surface area contributed by atoms with Gasteiger partial charge in [-0.15, -0.1) is 0 Å². The molecule has 3 rings (SSSR count). The van der Waals surface area contributed by atoms with Gasteiger partial charge in [0.05, 0.1) is 39.4 Å². The molecule has 31 heavy (non-hydrogen) atoms. The lowest BCUT2D eigenvalue weighted by atomic mass is 10.1. The van der Waals surface area contributed by atoms with E-state index in [2.05, 4.69) is 15.3 Å². The standard InChI is InChI=1S/C22H20FN3O5/c1-28-18-10-14(11-19(29-2)21(18)30-3)8-9-20(27)26-15-12-24-22(25-13-15)31-17-7-5-4-6-16(17)23/h4-13H,1-3H3,(H,26,27)/b9-8+. The van der Waals surface area contributed by atoms with E-state index < -0.39 is 11.7 Å². The van der Waals surface area contributed by atoms with Crippen LogP contribution >= 0.6 is 0 Å². The fraction of sp³-hybridized carbons (Fsp3) is 0.136. The molecule has 0 bridgehead atoms. The Kier molecular flexibility index (Phi) is 7.00. The van der Waals surface area contributed by atoms with Crippen LogP contribution in [0.25, 0.3) is 6.08 Å². The summed E-state index contributed by atoms with van der Waals surface area (Å²) in [6, 6.07) is 9.29. The van der Waals surface area contributed by atoms with Gasteiger partial charge in [-0.25, -0.2) is 14.4 Å². The Hall–Kier alpha value is -4.14. The van der Waals surface area contributed by atoms with Gasteiger partial charge in [0.2, 0.25) is 11.7 Å². The van der Waals surface area contributed by atoms with Gasteiger partial charge < -0.3 is 24.3 Å². The molecular formula is C22H20FN3O5. The highest BCUT2D eigenvalue weighted by atomic mass is 19.1. The largest absolute Gasteiger partial charge is 0.493 e. The van der Waals surface area contributed by atoms with Crippen molar-refractivity contribution in [1.29, 1.82) is 0 Å². The number of nitrogens with zero attached hydrogens (tertiary/aromatic N) is 2. The molecule has 9 heteroatoms. The van der Waals surface area contributed by atoms with Gasteiger partial charge in [-0.05, 0) is 35.9 Å². The van der Waals surface area contributed by atoms with Crippen LogP contribution in [0.2, 0.25) is 0 Å². The van der Waals surface area contributed by atoms with E-state index in [9.17, 15) is 9.18 Å². The lowest BCUT2D eigenvalue weighted by Crippen LogP contribution is -2.08. The highest BCUT2D eigenvalue weighted by molar-refractivity contribution is 6.01. The molecule has 1 heterocycles. The molecule has 1 aromatic heterocycles. The van der Waals surface area contributed by atoms with Crippen LogP contribution in [0.1, 0.15) is 5.56 Å². The van der Waals surface area contributed by atoms with Crippen molar-refractivity contribution in [1.82, 2.24) is 9.97 Å². The normalized spacial score (nSPS) is 10.6. The number of halogens is 1. The fourth-order valence-electron chi connectivity index (χ4n) is 2.61. The fourth-order valence-corrected chi connectivity index (χ4v) is 2.61. The second kappa shape index (κ2) is 10.1. The number of para-hydroxylation sites is 1. The van der Waals surface area contributed by atoms with Crippen molar-refractivity contribution in [3.63, 3.8) is 0 Å². The Morgan fingerprint density at radius 3 is 2.19 bits per heavy atom. The van der Waals surface area contributed by atoms with Crippen LogP contribution in [0.3, 0.4) is 0 Å². The number of hydrogen-bond acceptors (Lipinski definition) is 7. The van der Waals surface area contributed by atoms with Crippen molar-refractivity contribution >= 4 is 17.7 Å². The van der Waals surface area contributed by atoms with Crippen LogP contribution in [0.5, 0.6) is 29.0 Å². The van der Waals surface area contributed by atoms with E-state index >= 15 is 0 Å². The van der Waals surface area contributed by atoms with Gasteiger partial charge >= 0.3 is 6.01 Å². The smallest absolute Gasteiger partial charge is 0.322 e. The zero-order valence-electron chi connectivity index (χ0n) is 17.1. The number of anilines is 1. The minimum absolute atomic E-state index is 0.00701. The molecule has 8 nitrogen and oxygen atoms in total. The Morgan fingerprint density at radius 2 is 1.61 bits per heavy atom. The SMILES string of the molecule is COc1cc(/C=C/C(=O)Nc2cnc(Oc3ccccc3F)nc2)cc(OC)c1OC. The Morgan fingerprint density at radius 1 is 0.968 bits per heavy atom. The molecule has 0 radical (unpaired) electrons. The maximum Gasteiger partial charge on any atom is 0.322 e. The Labute approximate surface area is 178 Å². The zero-order valence-corrected chi connectivity index (χ0v) is 17.1. The molecule has 0 atom stereocenters. The summed E-state index contributed by atoms with van der Waals surface area (Å²) in [5.74, 6) is 0.482. The van der Waals surface area contributed by atoms with Crippen LogP contribution in [-0.2, 0) is 4.79 Å². The van der Waals surface area contributed by atoms with Crippen molar-refractivity contribution in [2.45, 2.75) is 0 Å². The molecule has 0 aliphatic carbocycles. The third kappa shape index (κ3) is 5.47. The number of amides is 1. The van der Waals surface area contributed by atoms with Crippen molar-refractivity contribution in [3.8, 4) is 29.0 Å². The van der Waals surface area contributed by atoms with E-state index in [4.69, 9.17) is 18.9 Å². The lowest BCUT2D eigenvalue weighted by molar-refractivity contribution is -0.111. The third-order valence-corrected chi connectivity index (χ3v) is 4.05. The van der Waals surface area contributed by atoms with Crippen molar-refractivity contribution in [2.75, 3.05) is 26.6 Å². The molecule has 2 aromatic carbocycles. The molecule has 0 fully saturated rings. The summed E-state index contributed by atoms with van der Waals surface area (Å²) in [5, 5.41) is 2.63. The lowest BCUT2D eigenvalue weighted by Gasteiger charge is -2.12. The number of carbonyl (C=O) groups excluding carboxylic acids is 1. The van der Waals surface area contributed by atoms with Crippen LogP contribution < -0.4 is 24.3 Å². The molecule has 0 unspecified atom stereocenters. The number of nitrogens with one attached hydrogen (secondary N) is 1. The Balaban J connectivity index is 1.65. The number of hydrogen-bond donors (Lipinski definition) is 1. The van der Waals surface area contributed by atoms with Crippen molar-refractivity contribution < 1.29 is 28.1 Å². The van der Waals surface area contributed by atoms with Gasteiger partial charge in [0.1, 0.15) is 0 Å². The van der Waals surface area contributed by atoms with Crippen LogP contribution in [-0.4, -0.2) is 37.2 Å². The van der Waals surface area contributed by atoms with E-state index in [0.717, 1.165) is 0 Å². The zero-order chi connectivity index (χ0) is 22.2. The predicted octanol–water partition coefficient (Wildman–Crippen LogP) is 4.09. The van der Waals surface area contributed by atoms with Crippen molar-refractivity contribution in [3.05, 3.63) is 66.2 Å². The highest BCUT2D eigenvalue weighted by Gasteiger charge is 2.12. The maximum absolute atomic E-state index is 13.6. The summed E-state index contributed by atoms with van der Waals surface area (Å²) in [7, 11) is 4.53. The molecule has 0 saturated heterocycles. The van der Waals surface area contributed by atoms with Crippen LogP contribution in [0.4, 0.5) is 10.1 Å². The average Bonchev–Trinajstić information content (AvgIpc) is 2.79.